The summed E-state index contributed by atoms with van der Waals surface area (Å²) in [6.45, 7) is 3.40. The number of aryl methyl sites for hydroxylation is 1. The quantitative estimate of drug-likeness (QED) is 0.385. The van der Waals surface area contributed by atoms with Gasteiger partial charge in [0.15, 0.2) is 6.61 Å². The minimum absolute atomic E-state index is 0.359. The van der Waals surface area contributed by atoms with Gasteiger partial charge in [-0.3, -0.25) is 4.79 Å². The third kappa shape index (κ3) is 4.63. The second kappa shape index (κ2) is 9.20. The van der Waals surface area contributed by atoms with Crippen LogP contribution in [0.1, 0.15) is 21.5 Å². The van der Waals surface area contributed by atoms with E-state index in [-0.39, 0.29) is 0 Å². The number of aromatic nitrogens is 1. The molecule has 4 aromatic rings. The van der Waals surface area contributed by atoms with E-state index >= 15 is 0 Å². The zero-order valence-corrected chi connectivity index (χ0v) is 18.4. The first-order chi connectivity index (χ1) is 15.4. The fraction of sp³-hybridized carbons (Fsp3) is 0.115. The van der Waals surface area contributed by atoms with Crippen LogP contribution in [0.15, 0.2) is 72.8 Å². The van der Waals surface area contributed by atoms with E-state index in [4.69, 9.17) is 16.3 Å². The summed E-state index contributed by atoms with van der Waals surface area (Å²) < 4.78 is 5.34. The number of ether oxygens (including phenoxy) is 1. The number of anilines is 1. The van der Waals surface area contributed by atoms with Gasteiger partial charge in [-0.05, 0) is 43.7 Å². The fourth-order valence-corrected chi connectivity index (χ4v) is 3.53. The van der Waals surface area contributed by atoms with Gasteiger partial charge in [0.05, 0.1) is 16.8 Å². The summed E-state index contributed by atoms with van der Waals surface area (Å²) in [5.74, 6) is -1.03. The Kier molecular flexibility index (Phi) is 6.19. The lowest BCUT2D eigenvalue weighted by Gasteiger charge is -2.12. The van der Waals surface area contributed by atoms with Gasteiger partial charge in [0, 0.05) is 21.7 Å². The van der Waals surface area contributed by atoms with E-state index in [0.717, 1.165) is 16.7 Å². The molecule has 0 aliphatic carbocycles. The SMILES string of the molecule is Cc1ccc(-c2cc(C(=O)OCC(=O)Nc3cccc(Cl)c3C)c3ccccc3n2)cc1. The van der Waals surface area contributed by atoms with Crippen molar-refractivity contribution >= 4 is 40.1 Å². The minimum Gasteiger partial charge on any atom is -0.452 e. The topological polar surface area (TPSA) is 68.3 Å². The molecular weight excluding hydrogens is 424 g/mol. The van der Waals surface area contributed by atoms with Crippen LogP contribution in [0.2, 0.25) is 5.02 Å². The van der Waals surface area contributed by atoms with Crippen molar-refractivity contribution in [3.63, 3.8) is 0 Å². The van der Waals surface area contributed by atoms with Crippen LogP contribution in [-0.4, -0.2) is 23.5 Å². The van der Waals surface area contributed by atoms with Crippen LogP contribution in [0, 0.1) is 13.8 Å². The normalized spacial score (nSPS) is 10.7. The van der Waals surface area contributed by atoms with Crippen LogP contribution >= 0.6 is 11.6 Å². The lowest BCUT2D eigenvalue weighted by molar-refractivity contribution is -0.119. The molecule has 1 heterocycles. The van der Waals surface area contributed by atoms with Crippen molar-refractivity contribution in [1.29, 1.82) is 0 Å². The van der Waals surface area contributed by atoms with Crippen molar-refractivity contribution < 1.29 is 14.3 Å². The number of hydrogen-bond acceptors (Lipinski definition) is 4. The molecule has 1 aromatic heterocycles. The highest BCUT2D eigenvalue weighted by atomic mass is 35.5. The van der Waals surface area contributed by atoms with Gasteiger partial charge in [-0.2, -0.15) is 0 Å². The van der Waals surface area contributed by atoms with Gasteiger partial charge in [-0.1, -0.05) is 65.7 Å². The summed E-state index contributed by atoms with van der Waals surface area (Å²) in [4.78, 5) is 30.0. The number of fused-ring (bicyclic) bond motifs is 1. The maximum absolute atomic E-state index is 12.9. The summed E-state index contributed by atoms with van der Waals surface area (Å²) in [5.41, 5.74) is 5.05. The first kappa shape index (κ1) is 21.5. The van der Waals surface area contributed by atoms with E-state index in [1.54, 1.807) is 31.2 Å². The molecule has 0 unspecified atom stereocenters. The molecular formula is C26H21ClN2O3. The molecule has 1 amide bonds. The number of para-hydroxylation sites is 1. The molecule has 0 fully saturated rings. The molecule has 0 radical (unpaired) electrons. The fourth-order valence-electron chi connectivity index (χ4n) is 3.35. The van der Waals surface area contributed by atoms with Crippen LogP contribution in [0.5, 0.6) is 0 Å². The summed E-state index contributed by atoms with van der Waals surface area (Å²) >= 11 is 6.09. The number of carbonyl (C=O) groups is 2. The molecule has 0 saturated carbocycles. The van der Waals surface area contributed by atoms with Gasteiger partial charge in [-0.25, -0.2) is 9.78 Å². The van der Waals surface area contributed by atoms with E-state index in [1.807, 2.05) is 55.5 Å². The first-order valence-corrected chi connectivity index (χ1v) is 10.5. The number of rotatable bonds is 5. The standard InChI is InChI=1S/C26H21ClN2O3/c1-16-10-12-18(13-11-16)24-14-20(19-6-3-4-8-23(19)28-24)26(31)32-15-25(30)29-22-9-5-7-21(27)17(22)2/h3-14H,15H2,1-2H3,(H,29,30). The van der Waals surface area contributed by atoms with Crippen LogP contribution in [0.4, 0.5) is 5.69 Å². The molecule has 4 rings (SSSR count). The van der Waals surface area contributed by atoms with Crippen LogP contribution in [-0.2, 0) is 9.53 Å². The highest BCUT2D eigenvalue weighted by Crippen LogP contribution is 2.26. The molecule has 32 heavy (non-hydrogen) atoms. The second-order valence-electron chi connectivity index (χ2n) is 7.47. The lowest BCUT2D eigenvalue weighted by Crippen LogP contribution is -2.21. The Labute approximate surface area is 191 Å². The summed E-state index contributed by atoms with van der Waals surface area (Å²) in [6.07, 6.45) is 0. The molecule has 0 spiro atoms. The van der Waals surface area contributed by atoms with Gasteiger partial charge in [0.1, 0.15) is 0 Å². The Morgan fingerprint density at radius 3 is 2.50 bits per heavy atom. The highest BCUT2D eigenvalue weighted by molar-refractivity contribution is 6.31. The molecule has 160 valence electrons. The van der Waals surface area contributed by atoms with E-state index in [2.05, 4.69) is 10.3 Å². The van der Waals surface area contributed by atoms with Crippen LogP contribution < -0.4 is 5.32 Å². The van der Waals surface area contributed by atoms with Gasteiger partial charge in [0.25, 0.3) is 5.91 Å². The Morgan fingerprint density at radius 2 is 1.72 bits per heavy atom. The van der Waals surface area contributed by atoms with Gasteiger partial charge < -0.3 is 10.1 Å². The largest absolute Gasteiger partial charge is 0.452 e. The number of amides is 1. The number of hydrogen-bond donors (Lipinski definition) is 1. The number of pyridine rings is 1. The van der Waals surface area contributed by atoms with E-state index in [0.29, 0.717) is 32.9 Å². The number of nitrogens with one attached hydrogen (secondary N) is 1. The van der Waals surface area contributed by atoms with Gasteiger partial charge in [-0.15, -0.1) is 0 Å². The summed E-state index contributed by atoms with van der Waals surface area (Å²) in [6, 6.07) is 22.2. The van der Waals surface area contributed by atoms with Crippen molar-refractivity contribution in [3.8, 4) is 11.3 Å². The molecule has 6 heteroatoms. The Balaban J connectivity index is 1.56. The van der Waals surface area contributed by atoms with Gasteiger partial charge in [0.2, 0.25) is 0 Å². The van der Waals surface area contributed by atoms with E-state index < -0.39 is 18.5 Å². The molecule has 0 aliphatic heterocycles. The number of esters is 1. The average Bonchev–Trinajstić information content (AvgIpc) is 2.80. The maximum atomic E-state index is 12.9. The third-order valence-electron chi connectivity index (χ3n) is 5.16. The Morgan fingerprint density at radius 1 is 0.969 bits per heavy atom. The van der Waals surface area contributed by atoms with Crippen molar-refractivity contribution in [1.82, 2.24) is 4.98 Å². The van der Waals surface area contributed by atoms with Crippen LogP contribution in [0.25, 0.3) is 22.2 Å². The number of halogens is 1. The Hall–Kier alpha value is -3.70. The molecule has 1 N–H and O–H groups in total. The monoisotopic (exact) mass is 444 g/mol. The van der Waals surface area contributed by atoms with Crippen molar-refractivity contribution in [2.24, 2.45) is 0 Å². The predicted octanol–water partition coefficient (Wildman–Crippen LogP) is 5.97. The second-order valence-corrected chi connectivity index (χ2v) is 7.88. The zero-order chi connectivity index (χ0) is 22.7. The van der Waals surface area contributed by atoms with E-state index in [9.17, 15) is 9.59 Å². The minimum atomic E-state index is -0.588. The molecule has 3 aromatic carbocycles. The third-order valence-corrected chi connectivity index (χ3v) is 5.57. The van der Waals surface area contributed by atoms with Crippen molar-refractivity contribution in [2.45, 2.75) is 13.8 Å². The lowest BCUT2D eigenvalue weighted by atomic mass is 10.0. The molecule has 0 bridgehead atoms. The number of carbonyl (C=O) groups excluding carboxylic acids is 2. The zero-order valence-electron chi connectivity index (χ0n) is 17.7. The summed E-state index contributed by atoms with van der Waals surface area (Å²) in [7, 11) is 0. The van der Waals surface area contributed by atoms with Crippen LogP contribution in [0.3, 0.4) is 0 Å². The highest BCUT2D eigenvalue weighted by Gasteiger charge is 2.17. The predicted molar refractivity (Wildman–Crippen MR) is 127 cm³/mol. The Bertz CT molecular complexity index is 1320. The molecule has 0 saturated heterocycles. The summed E-state index contributed by atoms with van der Waals surface area (Å²) in [5, 5.41) is 3.94. The molecule has 0 aliphatic rings. The maximum Gasteiger partial charge on any atom is 0.339 e. The number of nitrogens with zero attached hydrogens (tertiary/aromatic N) is 1. The van der Waals surface area contributed by atoms with Gasteiger partial charge >= 0.3 is 5.97 Å². The first-order valence-electron chi connectivity index (χ1n) is 10.1. The van der Waals surface area contributed by atoms with E-state index in [1.165, 1.54) is 0 Å². The average molecular weight is 445 g/mol. The smallest absolute Gasteiger partial charge is 0.339 e. The van der Waals surface area contributed by atoms with Crippen molar-refractivity contribution in [3.05, 3.63) is 94.5 Å². The molecule has 0 atom stereocenters. The molecule has 5 nitrogen and oxygen atoms in total. The van der Waals surface area contributed by atoms with Crippen molar-refractivity contribution in [2.75, 3.05) is 11.9 Å². The number of benzene rings is 3.